The smallest absolute Gasteiger partial charge is 0.373 e. The maximum atomic E-state index is 13.7. The van der Waals surface area contributed by atoms with E-state index in [2.05, 4.69) is 17.1 Å². The molecule has 1 fully saturated rings. The molecule has 3 aromatic rings. The normalized spacial score (nSPS) is 30.1. The summed E-state index contributed by atoms with van der Waals surface area (Å²) < 4.78 is 32.7. The van der Waals surface area contributed by atoms with E-state index in [-0.39, 0.29) is 30.7 Å². The molecule has 0 unspecified atom stereocenters. The fourth-order valence-electron chi connectivity index (χ4n) is 8.08. The molecule has 1 saturated heterocycles. The Labute approximate surface area is 310 Å². The van der Waals surface area contributed by atoms with Gasteiger partial charge in [-0.25, -0.2) is 14.4 Å². The van der Waals surface area contributed by atoms with Gasteiger partial charge in [0.25, 0.3) is 0 Å². The molecule has 1 aliphatic carbocycles. The average Bonchev–Trinajstić information content (AvgIpc) is 3.80. The number of aromatic nitrogens is 2. The zero-order chi connectivity index (χ0) is 37.9. The van der Waals surface area contributed by atoms with Crippen molar-refractivity contribution in [3.8, 4) is 11.1 Å². The van der Waals surface area contributed by atoms with E-state index in [1.165, 1.54) is 7.11 Å². The summed E-state index contributed by atoms with van der Waals surface area (Å²) in [6.45, 7) is 9.18. The van der Waals surface area contributed by atoms with Crippen molar-refractivity contribution in [1.82, 2.24) is 4.98 Å². The number of H-pyrrole nitrogens is 1. The zero-order valence-electron chi connectivity index (χ0n) is 31.2. The number of esters is 3. The van der Waals surface area contributed by atoms with Gasteiger partial charge in [-0.1, -0.05) is 62.4 Å². The molecule has 0 saturated carbocycles. The lowest BCUT2D eigenvalue weighted by molar-refractivity contribution is -0.685. The summed E-state index contributed by atoms with van der Waals surface area (Å²) in [5.41, 5.74) is 2.38. The van der Waals surface area contributed by atoms with Crippen LogP contribution in [0.2, 0.25) is 0 Å². The van der Waals surface area contributed by atoms with Gasteiger partial charge in [-0.3, -0.25) is 0 Å². The van der Waals surface area contributed by atoms with E-state index in [0.717, 1.165) is 16.7 Å². The molecule has 282 valence electrons. The number of pyridine rings is 1. The number of benzene rings is 1. The molecule has 2 bridgehead atoms. The van der Waals surface area contributed by atoms with Crippen LogP contribution in [0, 0.1) is 23.7 Å². The van der Waals surface area contributed by atoms with E-state index in [0.29, 0.717) is 12.1 Å². The Morgan fingerprint density at radius 3 is 2.47 bits per heavy atom. The molecule has 2 aliphatic heterocycles. The summed E-state index contributed by atoms with van der Waals surface area (Å²) >= 11 is 0. The number of nitrogens with one attached hydrogen (secondary N) is 1. The molecule has 3 aliphatic rings. The minimum atomic E-state index is -0.918. The molecule has 11 nitrogen and oxygen atoms in total. The number of cyclic esters (lactones) is 1. The van der Waals surface area contributed by atoms with Gasteiger partial charge < -0.3 is 33.8 Å². The average molecular weight is 728 g/mol. The number of carbonyl (C=O) groups is 3. The van der Waals surface area contributed by atoms with E-state index < -0.39 is 66.1 Å². The maximum Gasteiger partial charge on any atom is 0.373 e. The van der Waals surface area contributed by atoms with Crippen molar-refractivity contribution in [1.29, 1.82) is 0 Å². The molecule has 2 N–H and O–H groups in total. The minimum Gasteiger partial charge on any atom is -0.456 e. The van der Waals surface area contributed by atoms with Gasteiger partial charge in [-0.05, 0) is 62.9 Å². The predicted octanol–water partition coefficient (Wildman–Crippen LogP) is 5.39. The second kappa shape index (κ2) is 16.2. The van der Waals surface area contributed by atoms with Gasteiger partial charge in [-0.15, -0.1) is 0 Å². The van der Waals surface area contributed by atoms with Crippen LogP contribution in [0.3, 0.4) is 0 Å². The van der Waals surface area contributed by atoms with Crippen LogP contribution in [0.25, 0.3) is 11.1 Å². The van der Waals surface area contributed by atoms with Crippen molar-refractivity contribution < 1.29 is 47.7 Å². The highest BCUT2D eigenvalue weighted by Crippen LogP contribution is 2.53. The first-order valence-corrected chi connectivity index (χ1v) is 18.4. The molecule has 11 atom stereocenters. The fourth-order valence-corrected chi connectivity index (χ4v) is 8.08. The number of aliphatic hydroxyl groups is 1. The highest BCUT2D eigenvalue weighted by atomic mass is 16.6. The van der Waals surface area contributed by atoms with E-state index in [9.17, 15) is 19.5 Å². The number of aliphatic hydroxyl groups excluding tert-OH is 1. The molecule has 2 aromatic heterocycles. The second-order valence-electron chi connectivity index (χ2n) is 14.8. The van der Waals surface area contributed by atoms with Crippen LogP contribution in [0.5, 0.6) is 0 Å². The van der Waals surface area contributed by atoms with Crippen LogP contribution in [-0.2, 0) is 39.8 Å². The van der Waals surface area contributed by atoms with Gasteiger partial charge in [0.15, 0.2) is 18.5 Å². The Kier molecular flexibility index (Phi) is 11.7. The largest absolute Gasteiger partial charge is 0.456 e. The van der Waals surface area contributed by atoms with Crippen LogP contribution in [0.15, 0.2) is 97.0 Å². The first-order valence-electron chi connectivity index (χ1n) is 18.4. The summed E-state index contributed by atoms with van der Waals surface area (Å²) in [6.07, 6.45) is 7.77. The molecule has 53 heavy (non-hydrogen) atoms. The standard InChI is InChI=1S/C42H50N2O9/c1-25-20-26(2)42-22-31(39(53-42)38(27(3)28(4)45)52-40(47)34-15-10-18-43-34)16-17-33(42)21-35(49-6)41(48)51-37(25)29(5)50-36(46)24-44-19-11-14-32(23-44)30-12-8-7-9-13-30/h7-20,23,25,27-29,31,33,35,37-39,45H,21-22,24H2,1-6H3/p+1/b26-20+/t25-,27-,28+,29-,31-,33-,35+,37+,38-,39-,42+/m1/s1. The summed E-state index contributed by atoms with van der Waals surface area (Å²) in [5.74, 6) is -2.76. The van der Waals surface area contributed by atoms with Crippen molar-refractivity contribution >= 4 is 17.9 Å². The lowest BCUT2D eigenvalue weighted by atomic mass is 9.69. The van der Waals surface area contributed by atoms with E-state index in [1.54, 1.807) is 36.7 Å². The highest BCUT2D eigenvalue weighted by Gasteiger charge is 2.57. The predicted molar refractivity (Wildman–Crippen MR) is 195 cm³/mol. The van der Waals surface area contributed by atoms with E-state index >= 15 is 0 Å². The monoisotopic (exact) mass is 727 g/mol. The van der Waals surface area contributed by atoms with Crippen LogP contribution in [0.1, 0.15) is 57.9 Å². The topological polar surface area (TPSA) is 137 Å². The fraction of sp³-hybridized carbons (Fsp3) is 0.476. The molecule has 0 amide bonds. The molecule has 1 aromatic carbocycles. The first kappa shape index (κ1) is 38.2. The van der Waals surface area contributed by atoms with Crippen molar-refractivity contribution in [2.45, 2.75) is 96.2 Å². The van der Waals surface area contributed by atoms with Gasteiger partial charge in [0.2, 0.25) is 6.54 Å². The van der Waals surface area contributed by atoms with Crippen LogP contribution < -0.4 is 4.57 Å². The Morgan fingerprint density at radius 2 is 1.77 bits per heavy atom. The van der Waals surface area contributed by atoms with Gasteiger partial charge in [-0.2, -0.15) is 4.57 Å². The van der Waals surface area contributed by atoms with Crippen LogP contribution in [0.4, 0.5) is 0 Å². The molecule has 1 spiro atoms. The molecule has 6 rings (SSSR count). The Balaban J connectivity index is 1.24. The number of nitrogens with zero attached hydrogens (tertiary/aromatic N) is 1. The van der Waals surface area contributed by atoms with Gasteiger partial charge >= 0.3 is 17.9 Å². The van der Waals surface area contributed by atoms with Crippen molar-refractivity contribution in [2.75, 3.05) is 7.11 Å². The zero-order valence-corrected chi connectivity index (χ0v) is 31.2. The third kappa shape index (κ3) is 8.17. The number of carbonyl (C=O) groups excluding carboxylic acids is 3. The van der Waals surface area contributed by atoms with E-state index in [4.69, 9.17) is 23.7 Å². The maximum absolute atomic E-state index is 13.7. The summed E-state index contributed by atoms with van der Waals surface area (Å²) in [7, 11) is 1.48. The summed E-state index contributed by atoms with van der Waals surface area (Å²) in [4.78, 5) is 43.1. The van der Waals surface area contributed by atoms with Crippen LogP contribution >= 0.6 is 0 Å². The minimum absolute atomic E-state index is 0.0240. The number of hydrogen-bond donors (Lipinski definition) is 2. The van der Waals surface area contributed by atoms with Gasteiger partial charge in [0.1, 0.15) is 30.1 Å². The number of ether oxygens (including phenoxy) is 5. The van der Waals surface area contributed by atoms with Gasteiger partial charge in [0.05, 0.1) is 11.7 Å². The highest BCUT2D eigenvalue weighted by molar-refractivity contribution is 5.87. The Hall–Kier alpha value is -4.58. The number of fused-ring (bicyclic) bond motifs is 1. The Bertz CT molecular complexity index is 1810. The van der Waals surface area contributed by atoms with Crippen molar-refractivity contribution in [2.24, 2.45) is 23.7 Å². The third-order valence-electron chi connectivity index (χ3n) is 11.2. The lowest BCUT2D eigenvalue weighted by Crippen LogP contribution is -2.48. The number of methoxy groups -OCH3 is 1. The summed E-state index contributed by atoms with van der Waals surface area (Å²) in [6, 6.07) is 17.1. The quantitative estimate of drug-likeness (QED) is 0.115. The SMILES string of the molecule is CO[C@H]1C[C@H]2C=C[C@@H]3C[C@]2(O[C@H]3[C@H](OC(=O)c2ccc[nH]2)[C@H](C)[C@H](C)O)/C(C)=C/[C@@H](C)[C@@H]([C@@H](C)OC(=O)C[n+]2cccc(-c3ccccc3)c2)OC1=O. The number of hydrogen-bond acceptors (Lipinski definition) is 9. The van der Waals surface area contributed by atoms with Crippen LogP contribution in [-0.4, -0.2) is 77.3 Å². The second-order valence-corrected chi connectivity index (χ2v) is 14.8. The van der Waals surface area contributed by atoms with E-state index in [1.807, 2.05) is 81.7 Å². The molecule has 11 heteroatoms. The first-order chi connectivity index (χ1) is 25.4. The molecular weight excluding hydrogens is 676 g/mol. The third-order valence-corrected chi connectivity index (χ3v) is 11.2. The van der Waals surface area contributed by atoms with Crippen molar-refractivity contribution in [3.63, 3.8) is 0 Å². The number of aromatic amines is 1. The Morgan fingerprint density at radius 1 is 1.02 bits per heavy atom. The van der Waals surface area contributed by atoms with Crippen molar-refractivity contribution in [3.05, 3.63) is 103 Å². The van der Waals surface area contributed by atoms with Gasteiger partial charge in [0, 0.05) is 48.6 Å². The molecular formula is C42H51N2O9+. The summed E-state index contributed by atoms with van der Waals surface area (Å²) in [5, 5.41) is 10.7. The number of rotatable bonds is 11. The molecule has 4 heterocycles. The lowest BCUT2D eigenvalue weighted by Gasteiger charge is -2.41. The molecule has 0 radical (unpaired) electrons.